The van der Waals surface area contributed by atoms with Gasteiger partial charge in [-0.25, -0.2) is 0 Å². The van der Waals surface area contributed by atoms with E-state index in [0.717, 1.165) is 0 Å². The normalized spacial score (nSPS) is 28.4. The SMILES string of the molecule is CO[C@H]1[C@H](O)[C@@H](O)[C@H](Oc2cc(O)c3c(=O)cc(C)oc3c2C)O[C@@H]1CO. The molecule has 0 spiro atoms. The first-order valence-corrected chi connectivity index (χ1v) is 8.37. The highest BCUT2D eigenvalue weighted by Crippen LogP contribution is 2.35. The molecule has 148 valence electrons. The Morgan fingerprint density at radius 3 is 2.52 bits per heavy atom. The molecule has 2 heterocycles. The third-order valence-corrected chi connectivity index (χ3v) is 4.64. The van der Waals surface area contributed by atoms with Crippen molar-refractivity contribution >= 4 is 11.0 Å². The first-order chi connectivity index (χ1) is 12.8. The van der Waals surface area contributed by atoms with Gasteiger partial charge in [0.05, 0.1) is 6.61 Å². The van der Waals surface area contributed by atoms with E-state index in [1.807, 2.05) is 0 Å². The smallest absolute Gasteiger partial charge is 0.229 e. The van der Waals surface area contributed by atoms with Crippen LogP contribution in [0, 0.1) is 13.8 Å². The predicted molar refractivity (Wildman–Crippen MR) is 92.8 cm³/mol. The van der Waals surface area contributed by atoms with Crippen molar-refractivity contribution in [1.82, 2.24) is 0 Å². The number of phenolic OH excluding ortho intramolecular Hbond substituents is 1. The number of hydrogen-bond donors (Lipinski definition) is 4. The fraction of sp³-hybridized carbons (Fsp3) is 0.500. The quantitative estimate of drug-likeness (QED) is 0.573. The summed E-state index contributed by atoms with van der Waals surface area (Å²) in [5.74, 6) is 0.107. The van der Waals surface area contributed by atoms with Gasteiger partial charge < -0.3 is 39.1 Å². The molecule has 0 aliphatic carbocycles. The fourth-order valence-corrected chi connectivity index (χ4v) is 3.22. The van der Waals surface area contributed by atoms with E-state index in [-0.39, 0.29) is 22.5 Å². The lowest BCUT2D eigenvalue weighted by Crippen LogP contribution is -2.60. The van der Waals surface area contributed by atoms with Gasteiger partial charge in [0.15, 0.2) is 5.43 Å². The number of ether oxygens (including phenoxy) is 3. The van der Waals surface area contributed by atoms with Crippen molar-refractivity contribution in [3.63, 3.8) is 0 Å². The molecule has 1 saturated heterocycles. The second-order valence-corrected chi connectivity index (χ2v) is 6.47. The third kappa shape index (κ3) is 3.40. The van der Waals surface area contributed by atoms with E-state index in [2.05, 4.69) is 0 Å². The van der Waals surface area contributed by atoms with Crippen LogP contribution in [0.4, 0.5) is 0 Å². The second-order valence-electron chi connectivity index (χ2n) is 6.47. The number of aromatic hydroxyl groups is 1. The van der Waals surface area contributed by atoms with Gasteiger partial charge in [0, 0.05) is 24.8 Å². The minimum absolute atomic E-state index is 0.0169. The number of aryl methyl sites for hydroxylation is 2. The fourth-order valence-electron chi connectivity index (χ4n) is 3.22. The van der Waals surface area contributed by atoms with Gasteiger partial charge in [0.1, 0.15) is 52.6 Å². The van der Waals surface area contributed by atoms with Gasteiger partial charge in [-0.1, -0.05) is 0 Å². The number of hydrogen-bond acceptors (Lipinski definition) is 9. The summed E-state index contributed by atoms with van der Waals surface area (Å²) in [5, 5.41) is 40.2. The van der Waals surface area contributed by atoms with Crippen molar-refractivity contribution in [2.75, 3.05) is 13.7 Å². The molecule has 1 aliphatic heterocycles. The molecule has 1 fully saturated rings. The van der Waals surface area contributed by atoms with Crippen LogP contribution in [0.5, 0.6) is 11.5 Å². The average molecular weight is 382 g/mol. The van der Waals surface area contributed by atoms with Crippen LogP contribution >= 0.6 is 0 Å². The monoisotopic (exact) mass is 382 g/mol. The van der Waals surface area contributed by atoms with Gasteiger partial charge in [0.2, 0.25) is 6.29 Å². The molecule has 3 rings (SSSR count). The van der Waals surface area contributed by atoms with Crippen LogP contribution in [0.25, 0.3) is 11.0 Å². The van der Waals surface area contributed by atoms with Gasteiger partial charge in [-0.2, -0.15) is 0 Å². The van der Waals surface area contributed by atoms with E-state index in [1.165, 1.54) is 19.2 Å². The zero-order valence-electron chi connectivity index (χ0n) is 15.1. The van der Waals surface area contributed by atoms with Crippen molar-refractivity contribution in [2.24, 2.45) is 0 Å². The Balaban J connectivity index is 1.99. The van der Waals surface area contributed by atoms with E-state index >= 15 is 0 Å². The summed E-state index contributed by atoms with van der Waals surface area (Å²) in [7, 11) is 1.32. The van der Waals surface area contributed by atoms with Gasteiger partial charge in [-0.3, -0.25) is 4.79 Å². The number of methoxy groups -OCH3 is 1. The molecule has 4 N–H and O–H groups in total. The third-order valence-electron chi connectivity index (χ3n) is 4.64. The highest BCUT2D eigenvalue weighted by atomic mass is 16.7. The van der Waals surface area contributed by atoms with Crippen LogP contribution in [0.15, 0.2) is 21.3 Å². The van der Waals surface area contributed by atoms with E-state index < -0.39 is 42.7 Å². The van der Waals surface area contributed by atoms with Crippen LogP contribution < -0.4 is 10.2 Å². The average Bonchev–Trinajstić information content (AvgIpc) is 2.62. The molecule has 0 amide bonds. The van der Waals surface area contributed by atoms with Crippen molar-refractivity contribution in [3.05, 3.63) is 33.7 Å². The molecule has 9 heteroatoms. The number of aliphatic hydroxyl groups is 3. The Morgan fingerprint density at radius 1 is 1.19 bits per heavy atom. The Hall–Kier alpha value is -2.17. The van der Waals surface area contributed by atoms with Gasteiger partial charge in [0.25, 0.3) is 0 Å². The largest absolute Gasteiger partial charge is 0.507 e. The van der Waals surface area contributed by atoms with Crippen LogP contribution in [0.2, 0.25) is 0 Å². The first kappa shape index (κ1) is 19.6. The minimum atomic E-state index is -1.47. The summed E-state index contributed by atoms with van der Waals surface area (Å²) in [6.45, 7) is 2.76. The summed E-state index contributed by atoms with van der Waals surface area (Å²) < 4.78 is 21.8. The summed E-state index contributed by atoms with van der Waals surface area (Å²) >= 11 is 0. The van der Waals surface area contributed by atoms with E-state index in [4.69, 9.17) is 18.6 Å². The molecule has 0 saturated carbocycles. The number of aliphatic hydroxyl groups excluding tert-OH is 3. The van der Waals surface area contributed by atoms with Crippen molar-refractivity contribution < 1.29 is 39.1 Å². The summed E-state index contributed by atoms with van der Waals surface area (Å²) in [5.41, 5.74) is 0.159. The lowest BCUT2D eigenvalue weighted by Gasteiger charge is -2.41. The first-order valence-electron chi connectivity index (χ1n) is 8.37. The summed E-state index contributed by atoms with van der Waals surface area (Å²) in [4.78, 5) is 12.1. The molecule has 1 aromatic heterocycles. The highest BCUT2D eigenvalue weighted by Gasteiger charge is 2.46. The summed E-state index contributed by atoms with van der Waals surface area (Å²) in [6.07, 6.45) is -6.03. The maximum Gasteiger partial charge on any atom is 0.229 e. The Morgan fingerprint density at radius 2 is 1.89 bits per heavy atom. The molecule has 27 heavy (non-hydrogen) atoms. The van der Waals surface area contributed by atoms with E-state index in [9.17, 15) is 25.2 Å². The second kappa shape index (κ2) is 7.45. The molecule has 2 aromatic rings. The highest BCUT2D eigenvalue weighted by molar-refractivity contribution is 5.87. The Bertz CT molecular complexity index is 889. The zero-order chi connectivity index (χ0) is 19.9. The predicted octanol–water partition coefficient (Wildman–Crippen LogP) is -0.0518. The molecule has 1 aromatic carbocycles. The minimum Gasteiger partial charge on any atom is -0.507 e. The molecular weight excluding hydrogens is 360 g/mol. The maximum absolute atomic E-state index is 12.1. The number of phenols is 1. The van der Waals surface area contributed by atoms with Crippen molar-refractivity contribution in [2.45, 2.75) is 44.6 Å². The van der Waals surface area contributed by atoms with Crippen LogP contribution in [0.3, 0.4) is 0 Å². The Kier molecular flexibility index (Phi) is 5.41. The molecule has 9 nitrogen and oxygen atoms in total. The molecule has 5 atom stereocenters. The summed E-state index contributed by atoms with van der Waals surface area (Å²) in [6, 6.07) is 2.48. The lowest BCUT2D eigenvalue weighted by atomic mass is 9.99. The van der Waals surface area contributed by atoms with Gasteiger partial charge in [-0.05, 0) is 13.8 Å². The maximum atomic E-state index is 12.1. The standard InChI is InChI=1S/C18H22O9/c1-7-4-9(20)13-10(21)5-11(8(2)16(13)25-7)26-18-15(23)14(22)17(24-3)12(6-19)27-18/h4-5,12,14-15,17-19,21-23H,6H2,1-3H3/t12-,14-,15-,17-,18-/m1/s1. The number of benzene rings is 1. The van der Waals surface area contributed by atoms with Gasteiger partial charge in [-0.15, -0.1) is 0 Å². The zero-order valence-corrected chi connectivity index (χ0v) is 15.1. The number of rotatable bonds is 4. The van der Waals surface area contributed by atoms with E-state index in [0.29, 0.717) is 11.3 Å². The molecule has 0 unspecified atom stereocenters. The molecule has 0 bridgehead atoms. The van der Waals surface area contributed by atoms with Crippen molar-refractivity contribution in [3.8, 4) is 11.5 Å². The topological polar surface area (TPSA) is 139 Å². The lowest BCUT2D eigenvalue weighted by molar-refractivity contribution is -0.281. The van der Waals surface area contributed by atoms with E-state index in [1.54, 1.807) is 13.8 Å². The van der Waals surface area contributed by atoms with Gasteiger partial charge >= 0.3 is 0 Å². The number of fused-ring (bicyclic) bond motifs is 1. The van der Waals surface area contributed by atoms with Crippen LogP contribution in [0.1, 0.15) is 11.3 Å². The Labute approximate surface area is 154 Å². The molecule has 0 radical (unpaired) electrons. The van der Waals surface area contributed by atoms with Crippen LogP contribution in [-0.2, 0) is 9.47 Å². The van der Waals surface area contributed by atoms with Crippen molar-refractivity contribution in [1.29, 1.82) is 0 Å². The molecular formula is C18H22O9. The van der Waals surface area contributed by atoms with Crippen LogP contribution in [-0.4, -0.2) is 64.8 Å². The molecule has 1 aliphatic rings.